The second-order valence-electron chi connectivity index (χ2n) is 6.35. The molecule has 26 heavy (non-hydrogen) atoms. The van der Waals surface area contributed by atoms with Crippen LogP contribution >= 0.6 is 0 Å². The monoisotopic (exact) mass is 348 g/mol. The lowest BCUT2D eigenvalue weighted by Crippen LogP contribution is -2.41. The van der Waals surface area contributed by atoms with Gasteiger partial charge in [0.15, 0.2) is 0 Å². The Morgan fingerprint density at radius 3 is 2.35 bits per heavy atom. The zero-order valence-corrected chi connectivity index (χ0v) is 15.4. The predicted octanol–water partition coefficient (Wildman–Crippen LogP) is 3.11. The van der Waals surface area contributed by atoms with Crippen LogP contribution in [0.1, 0.15) is 12.5 Å². The van der Waals surface area contributed by atoms with Crippen LogP contribution in [0.3, 0.4) is 0 Å². The molecule has 1 atom stereocenters. The summed E-state index contributed by atoms with van der Waals surface area (Å²) in [5.41, 5.74) is 4.10. The Kier molecular flexibility index (Phi) is 5.49. The molecule has 0 saturated carbocycles. The van der Waals surface area contributed by atoms with E-state index in [4.69, 9.17) is 5.10 Å². The SMILES string of the molecule is CNC(=O)[C@@H](C)N(C)Cc1cn(-c2ccccc2)nc1-c1ccccc1. The van der Waals surface area contributed by atoms with Gasteiger partial charge in [-0.1, -0.05) is 48.5 Å². The minimum Gasteiger partial charge on any atom is -0.358 e. The van der Waals surface area contributed by atoms with Gasteiger partial charge < -0.3 is 5.32 Å². The van der Waals surface area contributed by atoms with Crippen molar-refractivity contribution in [2.75, 3.05) is 14.1 Å². The van der Waals surface area contributed by atoms with E-state index < -0.39 is 0 Å². The first kappa shape index (κ1) is 17.9. The first-order valence-corrected chi connectivity index (χ1v) is 8.71. The van der Waals surface area contributed by atoms with E-state index in [9.17, 15) is 4.79 Å². The number of carbonyl (C=O) groups excluding carboxylic acids is 1. The van der Waals surface area contributed by atoms with E-state index in [-0.39, 0.29) is 11.9 Å². The highest BCUT2D eigenvalue weighted by molar-refractivity contribution is 5.81. The summed E-state index contributed by atoms with van der Waals surface area (Å²) in [6, 6.07) is 20.0. The smallest absolute Gasteiger partial charge is 0.236 e. The molecule has 0 aliphatic rings. The van der Waals surface area contributed by atoms with Gasteiger partial charge in [-0.15, -0.1) is 0 Å². The Bertz CT molecular complexity index is 858. The van der Waals surface area contributed by atoms with Gasteiger partial charge in [-0.25, -0.2) is 4.68 Å². The number of benzene rings is 2. The van der Waals surface area contributed by atoms with E-state index in [0.717, 1.165) is 22.5 Å². The molecule has 1 heterocycles. The predicted molar refractivity (Wildman–Crippen MR) is 104 cm³/mol. The summed E-state index contributed by atoms with van der Waals surface area (Å²) in [5, 5.41) is 7.52. The lowest BCUT2D eigenvalue weighted by Gasteiger charge is -2.23. The largest absolute Gasteiger partial charge is 0.358 e. The minimum atomic E-state index is -0.219. The number of amides is 1. The zero-order valence-electron chi connectivity index (χ0n) is 15.4. The summed E-state index contributed by atoms with van der Waals surface area (Å²) >= 11 is 0. The van der Waals surface area contributed by atoms with Crippen molar-refractivity contribution < 1.29 is 4.79 Å². The molecule has 5 nitrogen and oxygen atoms in total. The maximum Gasteiger partial charge on any atom is 0.236 e. The molecule has 3 rings (SSSR count). The van der Waals surface area contributed by atoms with Gasteiger partial charge in [0.25, 0.3) is 0 Å². The molecule has 5 heteroatoms. The maximum atomic E-state index is 12.0. The summed E-state index contributed by atoms with van der Waals surface area (Å²) in [5.74, 6) is 0.00390. The van der Waals surface area contributed by atoms with Crippen LogP contribution in [0, 0.1) is 0 Å². The number of carbonyl (C=O) groups is 1. The molecule has 0 aliphatic carbocycles. The average molecular weight is 348 g/mol. The molecule has 3 aromatic rings. The number of aromatic nitrogens is 2. The summed E-state index contributed by atoms with van der Waals surface area (Å²) in [6.45, 7) is 2.54. The summed E-state index contributed by atoms with van der Waals surface area (Å²) in [6.07, 6.45) is 2.05. The van der Waals surface area contributed by atoms with Crippen molar-refractivity contribution >= 4 is 5.91 Å². The molecule has 0 bridgehead atoms. The highest BCUT2D eigenvalue weighted by atomic mass is 16.2. The molecule has 1 aromatic heterocycles. The second-order valence-corrected chi connectivity index (χ2v) is 6.35. The molecule has 0 unspecified atom stereocenters. The lowest BCUT2D eigenvalue weighted by molar-refractivity contribution is -0.125. The Morgan fingerprint density at radius 1 is 1.12 bits per heavy atom. The van der Waals surface area contributed by atoms with Gasteiger partial charge >= 0.3 is 0 Å². The van der Waals surface area contributed by atoms with Gasteiger partial charge in [0, 0.05) is 30.9 Å². The van der Waals surface area contributed by atoms with Crippen LogP contribution in [-0.2, 0) is 11.3 Å². The van der Waals surface area contributed by atoms with Gasteiger partial charge in [-0.05, 0) is 26.1 Å². The van der Waals surface area contributed by atoms with Crippen molar-refractivity contribution in [1.29, 1.82) is 0 Å². The number of nitrogens with one attached hydrogen (secondary N) is 1. The minimum absolute atomic E-state index is 0.00390. The normalized spacial score (nSPS) is 12.2. The Balaban J connectivity index is 1.97. The first-order chi connectivity index (χ1) is 12.6. The zero-order chi connectivity index (χ0) is 18.5. The number of hydrogen-bond donors (Lipinski definition) is 1. The molecule has 134 valence electrons. The molecule has 1 N–H and O–H groups in total. The molecular weight excluding hydrogens is 324 g/mol. The molecule has 2 aromatic carbocycles. The third-order valence-electron chi connectivity index (χ3n) is 4.56. The number of hydrogen-bond acceptors (Lipinski definition) is 3. The fraction of sp³-hybridized carbons (Fsp3) is 0.238. The van der Waals surface area contributed by atoms with Crippen molar-refractivity contribution in [3.63, 3.8) is 0 Å². The fourth-order valence-electron chi connectivity index (χ4n) is 2.89. The van der Waals surface area contributed by atoms with Gasteiger partial charge in [-0.2, -0.15) is 5.10 Å². The Hall–Kier alpha value is -2.92. The summed E-state index contributed by atoms with van der Waals surface area (Å²) < 4.78 is 1.90. The van der Waals surface area contributed by atoms with Gasteiger partial charge in [0.05, 0.1) is 17.4 Å². The van der Waals surface area contributed by atoms with Crippen molar-refractivity contribution in [2.45, 2.75) is 19.5 Å². The van der Waals surface area contributed by atoms with Crippen LogP contribution in [0.25, 0.3) is 16.9 Å². The molecular formula is C21H24N4O. The third kappa shape index (κ3) is 3.83. The molecule has 0 aliphatic heterocycles. The van der Waals surface area contributed by atoms with Crippen molar-refractivity contribution in [3.8, 4) is 16.9 Å². The Morgan fingerprint density at radius 2 is 1.73 bits per heavy atom. The van der Waals surface area contributed by atoms with E-state index >= 15 is 0 Å². The van der Waals surface area contributed by atoms with Gasteiger partial charge in [0.1, 0.15) is 0 Å². The molecule has 0 radical (unpaired) electrons. The third-order valence-corrected chi connectivity index (χ3v) is 4.56. The van der Waals surface area contributed by atoms with Crippen LogP contribution in [-0.4, -0.2) is 40.7 Å². The van der Waals surface area contributed by atoms with Gasteiger partial charge in [0.2, 0.25) is 5.91 Å². The molecule has 0 saturated heterocycles. The summed E-state index contributed by atoms with van der Waals surface area (Å²) in [7, 11) is 3.62. The maximum absolute atomic E-state index is 12.0. The number of para-hydroxylation sites is 1. The fourth-order valence-corrected chi connectivity index (χ4v) is 2.89. The second kappa shape index (κ2) is 7.97. The number of likely N-dealkylation sites (N-methyl/N-ethyl adjacent to an activating group) is 2. The summed E-state index contributed by atoms with van der Waals surface area (Å²) in [4.78, 5) is 14.0. The van der Waals surface area contributed by atoms with Gasteiger partial charge in [-0.3, -0.25) is 9.69 Å². The van der Waals surface area contributed by atoms with Crippen molar-refractivity contribution in [1.82, 2.24) is 20.0 Å². The van der Waals surface area contributed by atoms with E-state index in [1.54, 1.807) is 7.05 Å². The van der Waals surface area contributed by atoms with E-state index in [0.29, 0.717) is 6.54 Å². The highest BCUT2D eigenvalue weighted by Gasteiger charge is 2.20. The molecule has 0 spiro atoms. The highest BCUT2D eigenvalue weighted by Crippen LogP contribution is 2.25. The van der Waals surface area contributed by atoms with E-state index in [2.05, 4.69) is 17.4 Å². The topological polar surface area (TPSA) is 50.2 Å². The standard InChI is InChI=1S/C21H24N4O/c1-16(21(26)22-2)24(3)14-18-15-25(19-12-8-5-9-13-19)23-20(18)17-10-6-4-7-11-17/h4-13,15-16H,14H2,1-3H3,(H,22,26)/t16-/m1/s1. The molecule has 1 amide bonds. The van der Waals surface area contributed by atoms with Crippen LogP contribution in [0.2, 0.25) is 0 Å². The van der Waals surface area contributed by atoms with Crippen LogP contribution in [0.15, 0.2) is 66.9 Å². The Labute approximate surface area is 154 Å². The number of nitrogens with zero attached hydrogens (tertiary/aromatic N) is 3. The van der Waals surface area contributed by atoms with Crippen LogP contribution in [0.5, 0.6) is 0 Å². The van der Waals surface area contributed by atoms with Crippen molar-refractivity contribution in [2.24, 2.45) is 0 Å². The van der Waals surface area contributed by atoms with E-state index in [1.165, 1.54) is 0 Å². The van der Waals surface area contributed by atoms with E-state index in [1.807, 2.05) is 78.3 Å². The van der Waals surface area contributed by atoms with Crippen LogP contribution in [0.4, 0.5) is 0 Å². The molecule has 0 fully saturated rings. The average Bonchev–Trinajstić information content (AvgIpc) is 3.11. The lowest BCUT2D eigenvalue weighted by atomic mass is 10.1. The quantitative estimate of drug-likeness (QED) is 0.745. The van der Waals surface area contributed by atoms with Crippen molar-refractivity contribution in [3.05, 3.63) is 72.4 Å². The first-order valence-electron chi connectivity index (χ1n) is 8.71. The number of rotatable bonds is 6. The van der Waals surface area contributed by atoms with Crippen LogP contribution < -0.4 is 5.32 Å².